The van der Waals surface area contributed by atoms with Crippen LogP contribution in [0.1, 0.15) is 13.3 Å². The fraction of sp³-hybridized carbons (Fsp3) is 0.385. The van der Waals surface area contributed by atoms with E-state index in [0.717, 1.165) is 6.42 Å². The molecule has 2 atom stereocenters. The Morgan fingerprint density at radius 1 is 1.53 bits per heavy atom. The third-order valence-corrected chi connectivity index (χ3v) is 3.46. The summed E-state index contributed by atoms with van der Waals surface area (Å²) in [4.78, 5) is 22.9. The van der Waals surface area contributed by atoms with Gasteiger partial charge in [0.15, 0.2) is 6.61 Å². The number of esters is 1. The third kappa shape index (κ3) is 3.76. The molecule has 1 aliphatic carbocycles. The Labute approximate surface area is 118 Å². The molecule has 0 aliphatic heterocycles. The largest absolute Gasteiger partial charge is 0.455 e. The van der Waals surface area contributed by atoms with Crippen LogP contribution in [0, 0.1) is 17.7 Å². The lowest BCUT2D eigenvalue weighted by atomic mass is 10.3. The minimum absolute atomic E-state index is 0.0593. The van der Waals surface area contributed by atoms with Crippen LogP contribution in [0.4, 0.5) is 10.1 Å². The molecule has 0 spiro atoms. The second-order valence-electron chi connectivity index (χ2n) is 4.60. The lowest BCUT2D eigenvalue weighted by Gasteiger charge is -2.07. The van der Waals surface area contributed by atoms with Crippen molar-refractivity contribution >= 4 is 33.5 Å². The number of rotatable bonds is 4. The maximum atomic E-state index is 13.4. The average molecular weight is 330 g/mol. The van der Waals surface area contributed by atoms with E-state index in [1.165, 1.54) is 12.1 Å². The average Bonchev–Trinajstić information content (AvgIpc) is 3.07. The Morgan fingerprint density at radius 3 is 2.79 bits per heavy atom. The van der Waals surface area contributed by atoms with Gasteiger partial charge in [-0.1, -0.05) is 22.9 Å². The van der Waals surface area contributed by atoms with Crippen molar-refractivity contribution in [3.63, 3.8) is 0 Å². The summed E-state index contributed by atoms with van der Waals surface area (Å²) < 4.78 is 18.9. The fourth-order valence-corrected chi connectivity index (χ4v) is 2.00. The molecule has 1 saturated carbocycles. The molecule has 2 rings (SSSR count). The van der Waals surface area contributed by atoms with E-state index in [2.05, 4.69) is 21.2 Å². The molecule has 19 heavy (non-hydrogen) atoms. The number of carbonyl (C=O) groups is 2. The molecule has 0 heterocycles. The molecule has 1 aliphatic rings. The van der Waals surface area contributed by atoms with Crippen LogP contribution in [-0.4, -0.2) is 18.5 Å². The Balaban J connectivity index is 1.82. The van der Waals surface area contributed by atoms with Gasteiger partial charge in [-0.25, -0.2) is 4.39 Å². The molecule has 0 unspecified atom stereocenters. The predicted molar refractivity (Wildman–Crippen MR) is 71.0 cm³/mol. The van der Waals surface area contributed by atoms with Crippen molar-refractivity contribution in [2.75, 3.05) is 11.9 Å². The predicted octanol–water partition coefficient (Wildman–Crippen LogP) is 2.73. The highest BCUT2D eigenvalue weighted by Crippen LogP contribution is 2.38. The lowest BCUT2D eigenvalue weighted by molar-refractivity contribution is -0.148. The molecule has 0 radical (unpaired) electrons. The van der Waals surface area contributed by atoms with Crippen molar-refractivity contribution in [2.45, 2.75) is 13.3 Å². The van der Waals surface area contributed by atoms with Crippen molar-refractivity contribution in [1.82, 2.24) is 0 Å². The fourth-order valence-electron chi connectivity index (χ4n) is 1.67. The summed E-state index contributed by atoms with van der Waals surface area (Å²) in [5.41, 5.74) is 0.0593. The number of nitrogens with one attached hydrogen (secondary N) is 1. The van der Waals surface area contributed by atoms with Gasteiger partial charge in [-0.15, -0.1) is 0 Å². The van der Waals surface area contributed by atoms with Gasteiger partial charge in [0.05, 0.1) is 11.6 Å². The monoisotopic (exact) mass is 329 g/mol. The van der Waals surface area contributed by atoms with Crippen LogP contribution in [-0.2, 0) is 14.3 Å². The van der Waals surface area contributed by atoms with E-state index in [0.29, 0.717) is 10.4 Å². The van der Waals surface area contributed by atoms with Crippen LogP contribution in [0.5, 0.6) is 0 Å². The molecule has 4 nitrogen and oxygen atoms in total. The highest BCUT2D eigenvalue weighted by Gasteiger charge is 2.40. The number of carbonyl (C=O) groups excluding carboxylic acids is 2. The molecule has 6 heteroatoms. The van der Waals surface area contributed by atoms with Gasteiger partial charge in [0.1, 0.15) is 5.82 Å². The van der Waals surface area contributed by atoms with Crippen molar-refractivity contribution in [2.24, 2.45) is 11.8 Å². The Morgan fingerprint density at radius 2 is 2.21 bits per heavy atom. The van der Waals surface area contributed by atoms with E-state index in [1.807, 2.05) is 6.92 Å². The Kier molecular flexibility index (Phi) is 4.19. The molecule has 102 valence electrons. The van der Waals surface area contributed by atoms with Crippen LogP contribution in [0.3, 0.4) is 0 Å². The van der Waals surface area contributed by atoms with Crippen molar-refractivity contribution in [3.8, 4) is 0 Å². The van der Waals surface area contributed by atoms with Crippen LogP contribution >= 0.6 is 15.9 Å². The minimum Gasteiger partial charge on any atom is -0.455 e. The molecule has 1 amide bonds. The van der Waals surface area contributed by atoms with Gasteiger partial charge < -0.3 is 10.1 Å². The van der Waals surface area contributed by atoms with Crippen molar-refractivity contribution in [3.05, 3.63) is 28.5 Å². The summed E-state index contributed by atoms with van der Waals surface area (Å²) in [7, 11) is 0. The molecule has 1 aromatic rings. The second kappa shape index (κ2) is 5.69. The maximum Gasteiger partial charge on any atom is 0.309 e. The van der Waals surface area contributed by atoms with Crippen molar-refractivity contribution < 1.29 is 18.7 Å². The third-order valence-electron chi connectivity index (χ3n) is 2.96. The van der Waals surface area contributed by atoms with Crippen LogP contribution in [0.25, 0.3) is 0 Å². The minimum atomic E-state index is -0.553. The maximum absolute atomic E-state index is 13.4. The zero-order valence-electron chi connectivity index (χ0n) is 10.3. The molecule has 0 bridgehead atoms. The molecular formula is C13H13BrFNO3. The number of anilines is 1. The summed E-state index contributed by atoms with van der Waals surface area (Å²) >= 11 is 3.12. The van der Waals surface area contributed by atoms with Gasteiger partial charge in [0.25, 0.3) is 5.91 Å². The summed E-state index contributed by atoms with van der Waals surface area (Å²) in [5.74, 6) is -1.22. The van der Waals surface area contributed by atoms with E-state index in [9.17, 15) is 14.0 Å². The molecule has 1 aromatic carbocycles. The van der Waals surface area contributed by atoms with Gasteiger partial charge >= 0.3 is 5.97 Å². The van der Waals surface area contributed by atoms with E-state index < -0.39 is 18.3 Å². The van der Waals surface area contributed by atoms with Crippen LogP contribution in [0.2, 0.25) is 0 Å². The normalized spacial score (nSPS) is 20.8. The molecule has 0 saturated heterocycles. The first-order valence-electron chi connectivity index (χ1n) is 5.89. The van der Waals surface area contributed by atoms with Crippen molar-refractivity contribution in [1.29, 1.82) is 0 Å². The quantitative estimate of drug-likeness (QED) is 0.864. The number of benzene rings is 1. The van der Waals surface area contributed by atoms with E-state index in [1.54, 1.807) is 6.07 Å². The van der Waals surface area contributed by atoms with Gasteiger partial charge in [0, 0.05) is 4.47 Å². The number of halogens is 2. The zero-order chi connectivity index (χ0) is 14.0. The first-order chi connectivity index (χ1) is 8.97. The molecule has 1 N–H and O–H groups in total. The Bertz CT molecular complexity index is 521. The number of ether oxygens (including phenoxy) is 1. The van der Waals surface area contributed by atoms with Crippen LogP contribution < -0.4 is 5.32 Å². The summed E-state index contributed by atoms with van der Waals surface area (Å²) in [6.07, 6.45) is 0.807. The van der Waals surface area contributed by atoms with Gasteiger partial charge in [-0.2, -0.15) is 0 Å². The highest BCUT2D eigenvalue weighted by molar-refractivity contribution is 9.10. The number of hydrogen-bond donors (Lipinski definition) is 1. The topological polar surface area (TPSA) is 55.4 Å². The first-order valence-corrected chi connectivity index (χ1v) is 6.68. The van der Waals surface area contributed by atoms with Crippen LogP contribution in [0.15, 0.2) is 22.7 Å². The summed E-state index contributed by atoms with van der Waals surface area (Å²) in [6, 6.07) is 4.28. The van der Waals surface area contributed by atoms with Gasteiger partial charge in [-0.3, -0.25) is 9.59 Å². The Hall–Kier alpha value is -1.43. The first kappa shape index (κ1) is 14.0. The smallest absolute Gasteiger partial charge is 0.309 e. The highest BCUT2D eigenvalue weighted by atomic mass is 79.9. The lowest BCUT2D eigenvalue weighted by Crippen LogP contribution is -2.22. The second-order valence-corrected chi connectivity index (χ2v) is 5.52. The van der Waals surface area contributed by atoms with E-state index >= 15 is 0 Å². The van der Waals surface area contributed by atoms with E-state index in [4.69, 9.17) is 4.74 Å². The van der Waals surface area contributed by atoms with E-state index in [-0.39, 0.29) is 17.6 Å². The standard InChI is InChI=1S/C13H13BrFNO3/c1-7-4-9(7)13(18)19-6-12(17)16-11-3-2-8(14)5-10(11)15/h2-3,5,7,9H,4,6H2,1H3,(H,16,17)/t7-,9-/m1/s1. The molecular weight excluding hydrogens is 317 g/mol. The summed E-state index contributed by atoms with van der Waals surface area (Å²) in [6.45, 7) is 1.56. The van der Waals surface area contributed by atoms with Gasteiger partial charge in [-0.05, 0) is 30.5 Å². The number of hydrogen-bond acceptors (Lipinski definition) is 3. The number of amides is 1. The molecule has 0 aromatic heterocycles. The SMILES string of the molecule is C[C@@H]1C[C@H]1C(=O)OCC(=O)Nc1ccc(Br)cc1F. The van der Waals surface area contributed by atoms with Gasteiger partial charge in [0.2, 0.25) is 0 Å². The summed E-state index contributed by atoms with van der Waals surface area (Å²) in [5, 5.41) is 2.35. The molecule has 1 fully saturated rings. The zero-order valence-corrected chi connectivity index (χ0v) is 11.9.